The van der Waals surface area contributed by atoms with Crippen LogP contribution < -0.4 is 5.32 Å². The van der Waals surface area contributed by atoms with Gasteiger partial charge in [0.05, 0.1) is 0 Å². The van der Waals surface area contributed by atoms with Crippen LogP contribution in [0.3, 0.4) is 0 Å². The van der Waals surface area contributed by atoms with Gasteiger partial charge in [0.25, 0.3) is 0 Å². The van der Waals surface area contributed by atoms with Crippen molar-refractivity contribution < 1.29 is 9.90 Å². The summed E-state index contributed by atoms with van der Waals surface area (Å²) >= 11 is 0. The summed E-state index contributed by atoms with van der Waals surface area (Å²) < 4.78 is 0. The molecule has 1 aromatic heterocycles. The van der Waals surface area contributed by atoms with Gasteiger partial charge in [-0.1, -0.05) is 0 Å². The highest BCUT2D eigenvalue weighted by Crippen LogP contribution is 2.30. The van der Waals surface area contributed by atoms with Crippen LogP contribution in [0.5, 0.6) is 0 Å². The molecule has 6 nitrogen and oxygen atoms in total. The number of carbonyl (C=O) groups is 1. The lowest BCUT2D eigenvalue weighted by molar-refractivity contribution is 0.184. The Hall–Kier alpha value is -1.59. The fraction of sp³-hybridized carbons (Fsp3) is 0.667. The van der Waals surface area contributed by atoms with E-state index in [2.05, 4.69) is 20.5 Å². The zero-order chi connectivity index (χ0) is 10.7. The Bertz CT molecular complexity index is 317. The third-order valence-corrected chi connectivity index (χ3v) is 2.88. The minimum atomic E-state index is -0.932. The minimum absolute atomic E-state index is 0.0988. The molecule has 1 aliphatic carbocycles. The molecule has 1 saturated carbocycles. The average molecular weight is 210 g/mol. The second-order valence-electron chi connectivity index (χ2n) is 3.87. The molecule has 0 unspecified atom stereocenters. The second kappa shape index (κ2) is 4.29. The fourth-order valence-electron chi connectivity index (χ4n) is 2.10. The van der Waals surface area contributed by atoms with Gasteiger partial charge in [-0.2, -0.15) is 5.10 Å². The number of aromatic amines is 1. The Balaban J connectivity index is 1.84. The maximum absolute atomic E-state index is 10.4. The quantitative estimate of drug-likeness (QED) is 0.681. The van der Waals surface area contributed by atoms with Gasteiger partial charge in [0.15, 0.2) is 0 Å². The van der Waals surface area contributed by atoms with Crippen molar-refractivity contribution >= 4 is 6.09 Å². The van der Waals surface area contributed by atoms with Gasteiger partial charge in [-0.3, -0.25) is 5.10 Å². The summed E-state index contributed by atoms with van der Waals surface area (Å²) in [7, 11) is 0. The second-order valence-corrected chi connectivity index (χ2v) is 3.87. The van der Waals surface area contributed by atoms with E-state index in [9.17, 15) is 4.79 Å². The van der Waals surface area contributed by atoms with E-state index in [4.69, 9.17) is 5.11 Å². The molecule has 1 fully saturated rings. The SMILES string of the molecule is O=C(O)NC1CCC(c2ncn[nH]2)CC1. The van der Waals surface area contributed by atoms with Crippen LogP contribution in [-0.4, -0.2) is 32.4 Å². The van der Waals surface area contributed by atoms with Crippen molar-refractivity contribution in [3.63, 3.8) is 0 Å². The normalized spacial score (nSPS) is 26.1. The van der Waals surface area contributed by atoms with Gasteiger partial charge in [0.1, 0.15) is 12.2 Å². The van der Waals surface area contributed by atoms with Crippen molar-refractivity contribution in [2.45, 2.75) is 37.6 Å². The van der Waals surface area contributed by atoms with Crippen molar-refractivity contribution in [3.8, 4) is 0 Å². The molecule has 0 spiro atoms. The van der Waals surface area contributed by atoms with Crippen molar-refractivity contribution in [1.29, 1.82) is 0 Å². The first-order valence-electron chi connectivity index (χ1n) is 5.10. The lowest BCUT2D eigenvalue weighted by Crippen LogP contribution is -2.36. The highest BCUT2D eigenvalue weighted by Gasteiger charge is 2.24. The average Bonchev–Trinajstić information content (AvgIpc) is 2.71. The number of nitrogens with one attached hydrogen (secondary N) is 2. The van der Waals surface area contributed by atoms with E-state index < -0.39 is 6.09 Å². The van der Waals surface area contributed by atoms with Crippen molar-refractivity contribution in [3.05, 3.63) is 12.2 Å². The predicted molar refractivity (Wildman–Crippen MR) is 52.5 cm³/mol. The number of hydrogen-bond acceptors (Lipinski definition) is 3. The monoisotopic (exact) mass is 210 g/mol. The van der Waals surface area contributed by atoms with Crippen LogP contribution in [0.2, 0.25) is 0 Å². The standard InChI is InChI=1S/C9H14N4O2/c14-9(15)12-7-3-1-6(2-4-7)8-10-5-11-13-8/h5-7,12H,1-4H2,(H,14,15)(H,10,11,13). The third kappa shape index (κ3) is 2.45. The summed E-state index contributed by atoms with van der Waals surface area (Å²) in [5, 5.41) is 17.8. The van der Waals surface area contributed by atoms with Gasteiger partial charge in [-0.15, -0.1) is 0 Å². The maximum atomic E-state index is 10.4. The molecule has 0 atom stereocenters. The molecule has 0 aliphatic heterocycles. The maximum Gasteiger partial charge on any atom is 0.404 e. The van der Waals surface area contributed by atoms with Crippen LogP contribution in [0, 0.1) is 0 Å². The van der Waals surface area contributed by atoms with Crippen LogP contribution in [0.15, 0.2) is 6.33 Å². The first-order valence-corrected chi connectivity index (χ1v) is 5.10. The molecule has 3 N–H and O–H groups in total. The molecule has 0 saturated heterocycles. The molecule has 0 bridgehead atoms. The molecule has 0 radical (unpaired) electrons. The lowest BCUT2D eigenvalue weighted by Gasteiger charge is -2.26. The molecule has 1 aromatic rings. The fourth-order valence-corrected chi connectivity index (χ4v) is 2.10. The van der Waals surface area contributed by atoms with E-state index in [-0.39, 0.29) is 6.04 Å². The summed E-state index contributed by atoms with van der Waals surface area (Å²) in [6.07, 6.45) is 4.24. The van der Waals surface area contributed by atoms with Gasteiger partial charge in [-0.05, 0) is 25.7 Å². The largest absolute Gasteiger partial charge is 0.465 e. The van der Waals surface area contributed by atoms with Crippen LogP contribution in [0.25, 0.3) is 0 Å². The number of nitrogens with zero attached hydrogens (tertiary/aromatic N) is 2. The van der Waals surface area contributed by atoms with Crippen LogP contribution in [0.1, 0.15) is 37.4 Å². The summed E-state index contributed by atoms with van der Waals surface area (Å²) in [5.74, 6) is 1.32. The lowest BCUT2D eigenvalue weighted by atomic mass is 9.85. The number of hydrogen-bond donors (Lipinski definition) is 3. The summed E-state index contributed by atoms with van der Waals surface area (Å²) in [4.78, 5) is 14.6. The molecule has 1 heterocycles. The number of rotatable bonds is 2. The molecular formula is C9H14N4O2. The van der Waals surface area contributed by atoms with Crippen LogP contribution in [-0.2, 0) is 0 Å². The number of amides is 1. The first-order chi connectivity index (χ1) is 7.25. The Kier molecular flexibility index (Phi) is 2.84. The van der Waals surface area contributed by atoms with Crippen molar-refractivity contribution in [2.75, 3.05) is 0 Å². The van der Waals surface area contributed by atoms with Gasteiger partial charge in [0, 0.05) is 12.0 Å². The molecule has 2 rings (SSSR count). The Morgan fingerprint density at radius 3 is 2.73 bits per heavy atom. The third-order valence-electron chi connectivity index (χ3n) is 2.88. The molecule has 15 heavy (non-hydrogen) atoms. The van der Waals surface area contributed by atoms with E-state index in [0.717, 1.165) is 31.5 Å². The van der Waals surface area contributed by atoms with Crippen molar-refractivity contribution in [1.82, 2.24) is 20.5 Å². The topological polar surface area (TPSA) is 90.9 Å². The van der Waals surface area contributed by atoms with Gasteiger partial charge in [-0.25, -0.2) is 9.78 Å². The number of aromatic nitrogens is 3. The van der Waals surface area contributed by atoms with E-state index in [1.165, 1.54) is 6.33 Å². The summed E-state index contributed by atoms with van der Waals surface area (Å²) in [5.41, 5.74) is 0. The molecule has 82 valence electrons. The van der Waals surface area contributed by atoms with Crippen LogP contribution >= 0.6 is 0 Å². The van der Waals surface area contributed by atoms with Crippen molar-refractivity contribution in [2.24, 2.45) is 0 Å². The number of H-pyrrole nitrogens is 1. The smallest absolute Gasteiger partial charge is 0.404 e. The minimum Gasteiger partial charge on any atom is -0.465 e. The molecule has 1 aliphatic rings. The molecule has 1 amide bonds. The van der Waals surface area contributed by atoms with E-state index in [1.54, 1.807) is 0 Å². The Labute approximate surface area is 87.1 Å². The van der Waals surface area contributed by atoms with Gasteiger partial charge in [0.2, 0.25) is 0 Å². The zero-order valence-corrected chi connectivity index (χ0v) is 8.31. The molecule has 0 aromatic carbocycles. The highest BCUT2D eigenvalue weighted by atomic mass is 16.4. The summed E-state index contributed by atoms with van der Waals surface area (Å²) in [6, 6.07) is 0.0988. The Morgan fingerprint density at radius 2 is 2.20 bits per heavy atom. The van der Waals surface area contributed by atoms with Gasteiger partial charge < -0.3 is 10.4 Å². The van der Waals surface area contributed by atoms with E-state index in [1.807, 2.05) is 0 Å². The summed E-state index contributed by atoms with van der Waals surface area (Å²) in [6.45, 7) is 0. The highest BCUT2D eigenvalue weighted by molar-refractivity contribution is 5.64. The van der Waals surface area contributed by atoms with Crippen LogP contribution in [0.4, 0.5) is 4.79 Å². The zero-order valence-electron chi connectivity index (χ0n) is 8.31. The molecular weight excluding hydrogens is 196 g/mol. The predicted octanol–water partition coefficient (Wildman–Crippen LogP) is 1.10. The first kappa shape index (κ1) is 9.95. The van der Waals surface area contributed by atoms with Gasteiger partial charge >= 0.3 is 6.09 Å². The number of carboxylic acid groups (broad SMARTS) is 1. The van der Waals surface area contributed by atoms with E-state index >= 15 is 0 Å². The molecule has 6 heteroatoms. The Morgan fingerprint density at radius 1 is 1.47 bits per heavy atom. The van der Waals surface area contributed by atoms with E-state index in [0.29, 0.717) is 5.92 Å².